The van der Waals surface area contributed by atoms with Gasteiger partial charge < -0.3 is 21.4 Å². The van der Waals surface area contributed by atoms with Crippen LogP contribution in [-0.4, -0.2) is 29.3 Å². The molecule has 0 spiro atoms. The van der Waals surface area contributed by atoms with E-state index in [-0.39, 0.29) is 17.9 Å². The number of oxime groups is 1. The molecule has 0 saturated heterocycles. The third kappa shape index (κ3) is 3.37. The van der Waals surface area contributed by atoms with Crippen LogP contribution in [-0.2, 0) is 6.54 Å². The fourth-order valence-corrected chi connectivity index (χ4v) is 2.18. The minimum Gasteiger partial charge on any atom is -0.409 e. The highest BCUT2D eigenvalue weighted by Crippen LogP contribution is 2.44. The van der Waals surface area contributed by atoms with Crippen molar-refractivity contribution in [1.29, 1.82) is 0 Å². The molecule has 0 bridgehead atoms. The molecule has 5 nitrogen and oxygen atoms in total. The van der Waals surface area contributed by atoms with Crippen LogP contribution >= 0.6 is 11.6 Å². The maximum atomic E-state index is 9.22. The number of nitrogens with two attached hydrogens (primary N) is 1. The molecule has 0 unspecified atom stereocenters. The predicted octanol–water partition coefficient (Wildman–Crippen LogP) is 1.30. The molecule has 0 aromatic heterocycles. The highest BCUT2D eigenvalue weighted by molar-refractivity contribution is 6.31. The summed E-state index contributed by atoms with van der Waals surface area (Å²) in [6.45, 7) is 1.66. The van der Waals surface area contributed by atoms with Gasteiger partial charge in [-0.2, -0.15) is 0 Å². The van der Waals surface area contributed by atoms with Crippen molar-refractivity contribution in [1.82, 2.24) is 5.32 Å². The molecule has 1 aromatic carbocycles. The van der Waals surface area contributed by atoms with Gasteiger partial charge in [0, 0.05) is 35.7 Å². The lowest BCUT2D eigenvalue weighted by Gasteiger charge is -2.13. The summed E-state index contributed by atoms with van der Waals surface area (Å²) in [5.41, 5.74) is 7.12. The lowest BCUT2D eigenvalue weighted by Crippen LogP contribution is -2.26. The van der Waals surface area contributed by atoms with E-state index >= 15 is 0 Å². The van der Waals surface area contributed by atoms with Gasteiger partial charge in [-0.25, -0.2) is 0 Å². The van der Waals surface area contributed by atoms with Crippen LogP contribution in [0.2, 0.25) is 5.02 Å². The fourth-order valence-electron chi connectivity index (χ4n) is 1.94. The predicted molar refractivity (Wildman–Crippen MR) is 74.4 cm³/mol. The van der Waals surface area contributed by atoms with Crippen molar-refractivity contribution in [2.75, 3.05) is 13.2 Å². The Morgan fingerprint density at radius 1 is 1.47 bits per heavy atom. The summed E-state index contributed by atoms with van der Waals surface area (Å²) in [5, 5.41) is 24.6. The second-order valence-electron chi connectivity index (χ2n) is 5.05. The number of amidine groups is 1. The third-order valence-electron chi connectivity index (χ3n) is 3.56. The summed E-state index contributed by atoms with van der Waals surface area (Å²) >= 11 is 6.15. The average Bonchev–Trinajstić information content (AvgIpc) is 3.20. The molecule has 1 saturated carbocycles. The monoisotopic (exact) mass is 283 g/mol. The fraction of sp³-hybridized carbons (Fsp3) is 0.462. The van der Waals surface area contributed by atoms with Gasteiger partial charge in [0.05, 0.1) is 0 Å². The van der Waals surface area contributed by atoms with Crippen molar-refractivity contribution in [2.24, 2.45) is 16.3 Å². The van der Waals surface area contributed by atoms with Crippen molar-refractivity contribution >= 4 is 17.4 Å². The second-order valence-corrected chi connectivity index (χ2v) is 5.46. The summed E-state index contributed by atoms with van der Waals surface area (Å²) < 4.78 is 0. The molecule has 1 aromatic rings. The number of halogens is 1. The maximum Gasteiger partial charge on any atom is 0.170 e. The van der Waals surface area contributed by atoms with Crippen molar-refractivity contribution < 1.29 is 10.3 Å². The standard InChI is InChI=1S/C13H18ClN3O2/c14-11-5-9(12(15)17-19)1-2-10(11)6-16-7-13(8-18)3-4-13/h1-2,5,16,18-19H,3-4,6-8H2,(H2,15,17). The topological polar surface area (TPSA) is 90.9 Å². The van der Waals surface area contributed by atoms with E-state index in [1.165, 1.54) is 0 Å². The van der Waals surface area contributed by atoms with Crippen LogP contribution in [0.15, 0.2) is 23.4 Å². The Morgan fingerprint density at radius 2 is 2.21 bits per heavy atom. The Hall–Kier alpha value is -1.30. The summed E-state index contributed by atoms with van der Waals surface area (Å²) in [4.78, 5) is 0. The highest BCUT2D eigenvalue weighted by atomic mass is 35.5. The number of nitrogens with one attached hydrogen (secondary N) is 1. The first-order valence-electron chi connectivity index (χ1n) is 6.18. The van der Waals surface area contributed by atoms with Crippen molar-refractivity contribution in [3.63, 3.8) is 0 Å². The molecule has 2 rings (SSSR count). The van der Waals surface area contributed by atoms with Gasteiger partial charge in [-0.3, -0.25) is 0 Å². The van der Waals surface area contributed by atoms with Crippen LogP contribution in [0.1, 0.15) is 24.0 Å². The molecule has 1 fully saturated rings. The highest BCUT2D eigenvalue weighted by Gasteiger charge is 2.41. The number of hydrogen-bond acceptors (Lipinski definition) is 4. The zero-order chi connectivity index (χ0) is 13.9. The minimum atomic E-state index is 0.0404. The van der Waals surface area contributed by atoms with Gasteiger partial charge in [-0.1, -0.05) is 28.9 Å². The van der Waals surface area contributed by atoms with E-state index < -0.39 is 0 Å². The molecule has 5 N–H and O–H groups in total. The van der Waals surface area contributed by atoms with Gasteiger partial charge in [-0.05, 0) is 24.5 Å². The van der Waals surface area contributed by atoms with E-state index in [9.17, 15) is 5.11 Å². The van der Waals surface area contributed by atoms with Crippen LogP contribution in [0, 0.1) is 5.41 Å². The number of hydrogen-bond donors (Lipinski definition) is 4. The molecule has 0 radical (unpaired) electrons. The lowest BCUT2D eigenvalue weighted by atomic mass is 10.1. The summed E-state index contributed by atoms with van der Waals surface area (Å²) in [5.74, 6) is 0.0404. The molecule has 6 heteroatoms. The van der Waals surface area contributed by atoms with Crippen LogP contribution in [0.5, 0.6) is 0 Å². The smallest absolute Gasteiger partial charge is 0.170 e. The molecular weight excluding hydrogens is 266 g/mol. The van der Waals surface area contributed by atoms with Gasteiger partial charge in [0.2, 0.25) is 0 Å². The number of nitrogens with zero attached hydrogens (tertiary/aromatic N) is 1. The van der Waals surface area contributed by atoms with Gasteiger partial charge in [-0.15, -0.1) is 0 Å². The maximum absolute atomic E-state index is 9.22. The number of aliphatic hydroxyl groups excluding tert-OH is 1. The SMILES string of the molecule is N/C(=N/O)c1ccc(CNCC2(CO)CC2)c(Cl)c1. The van der Waals surface area contributed by atoms with Crippen molar-refractivity contribution in [3.05, 3.63) is 34.3 Å². The van der Waals surface area contributed by atoms with Crippen LogP contribution in [0.4, 0.5) is 0 Å². The Balaban J connectivity index is 1.94. The second kappa shape index (κ2) is 5.77. The quantitative estimate of drug-likeness (QED) is 0.274. The molecule has 0 heterocycles. The van der Waals surface area contributed by atoms with Gasteiger partial charge >= 0.3 is 0 Å². The van der Waals surface area contributed by atoms with E-state index in [1.807, 2.05) is 6.07 Å². The zero-order valence-corrected chi connectivity index (χ0v) is 11.3. The molecule has 1 aliphatic carbocycles. The van der Waals surface area contributed by atoms with Crippen LogP contribution in [0.3, 0.4) is 0 Å². The van der Waals surface area contributed by atoms with Gasteiger partial charge in [0.15, 0.2) is 5.84 Å². The molecule has 19 heavy (non-hydrogen) atoms. The number of aliphatic hydroxyl groups is 1. The largest absolute Gasteiger partial charge is 0.409 e. The van der Waals surface area contributed by atoms with E-state index in [0.29, 0.717) is 17.1 Å². The van der Waals surface area contributed by atoms with Crippen LogP contribution < -0.4 is 11.1 Å². The lowest BCUT2D eigenvalue weighted by molar-refractivity contribution is 0.207. The Kier molecular flexibility index (Phi) is 4.29. The van der Waals surface area contributed by atoms with Crippen molar-refractivity contribution in [3.8, 4) is 0 Å². The Bertz CT molecular complexity index is 487. The molecule has 104 valence electrons. The Labute approximate surface area is 117 Å². The van der Waals surface area contributed by atoms with Crippen LogP contribution in [0.25, 0.3) is 0 Å². The molecule has 0 aliphatic heterocycles. The zero-order valence-electron chi connectivity index (χ0n) is 10.6. The van der Waals surface area contributed by atoms with E-state index in [2.05, 4.69) is 10.5 Å². The first-order chi connectivity index (χ1) is 9.10. The van der Waals surface area contributed by atoms with E-state index in [4.69, 9.17) is 22.5 Å². The first-order valence-corrected chi connectivity index (χ1v) is 6.56. The summed E-state index contributed by atoms with van der Waals surface area (Å²) in [7, 11) is 0. The van der Waals surface area contributed by atoms with E-state index in [1.54, 1.807) is 12.1 Å². The molecule has 1 aliphatic rings. The number of rotatable bonds is 6. The van der Waals surface area contributed by atoms with E-state index in [0.717, 1.165) is 24.9 Å². The van der Waals surface area contributed by atoms with Gasteiger partial charge in [0.1, 0.15) is 0 Å². The minimum absolute atomic E-state index is 0.0404. The molecule has 0 amide bonds. The molecular formula is C13H18ClN3O2. The number of benzene rings is 1. The third-order valence-corrected chi connectivity index (χ3v) is 3.92. The normalized spacial score (nSPS) is 17.5. The first kappa shape index (κ1) is 14.1. The summed E-state index contributed by atoms with van der Waals surface area (Å²) in [6.07, 6.45) is 2.15. The summed E-state index contributed by atoms with van der Waals surface area (Å²) in [6, 6.07) is 5.28. The molecule has 0 atom stereocenters. The van der Waals surface area contributed by atoms with Gasteiger partial charge in [0.25, 0.3) is 0 Å². The van der Waals surface area contributed by atoms with Crippen molar-refractivity contribution in [2.45, 2.75) is 19.4 Å². The Morgan fingerprint density at radius 3 is 2.74 bits per heavy atom. The average molecular weight is 284 g/mol.